The number of piperazine rings is 1. The molecule has 2 unspecified atom stereocenters. The van der Waals surface area contributed by atoms with E-state index in [1.54, 1.807) is 0 Å². The van der Waals surface area contributed by atoms with Crippen LogP contribution in [0.25, 0.3) is 0 Å². The summed E-state index contributed by atoms with van der Waals surface area (Å²) < 4.78 is 0.232. The van der Waals surface area contributed by atoms with Crippen molar-refractivity contribution >= 4 is 27.7 Å². The van der Waals surface area contributed by atoms with Crippen LogP contribution in [0.2, 0.25) is 0 Å². The van der Waals surface area contributed by atoms with Crippen LogP contribution in [0.1, 0.15) is 57.8 Å². The van der Waals surface area contributed by atoms with E-state index < -0.39 is 0 Å². The monoisotopic (exact) mass is 451 g/mol. The van der Waals surface area contributed by atoms with Crippen LogP contribution in [0, 0.1) is 17.3 Å². The molecule has 2 heterocycles. The summed E-state index contributed by atoms with van der Waals surface area (Å²) in [5.41, 5.74) is -0.0978. The van der Waals surface area contributed by atoms with E-state index >= 15 is 0 Å². The molecule has 4 aliphatic carbocycles. The second-order valence-corrected chi connectivity index (χ2v) is 12.1. The fraction of sp³-hybridized carbons (Fsp3) is 0.909. The Kier molecular flexibility index (Phi) is 5.02. The fourth-order valence-corrected chi connectivity index (χ4v) is 8.73. The number of hydrogen-bond acceptors (Lipinski definition) is 3. The molecule has 0 aromatic rings. The Morgan fingerprint density at radius 1 is 0.821 bits per heavy atom. The lowest BCUT2D eigenvalue weighted by atomic mass is 9.49. The Labute approximate surface area is 177 Å². The van der Waals surface area contributed by atoms with Gasteiger partial charge in [0.1, 0.15) is 0 Å². The third-order valence-corrected chi connectivity index (χ3v) is 9.10. The number of amides is 2. The molecule has 2 amide bonds. The molecule has 0 N–H and O–H groups in total. The van der Waals surface area contributed by atoms with Gasteiger partial charge in [-0.25, -0.2) is 0 Å². The minimum Gasteiger partial charge on any atom is -0.342 e. The lowest BCUT2D eigenvalue weighted by Gasteiger charge is -2.60. The molecule has 2 aliphatic heterocycles. The first-order valence-electron chi connectivity index (χ1n) is 11.4. The molecule has 2 saturated heterocycles. The van der Waals surface area contributed by atoms with Crippen LogP contribution in [0.4, 0.5) is 0 Å². The molecule has 6 rings (SSSR count). The Hall–Kier alpha value is -0.620. The number of carbonyl (C=O) groups is 2. The summed E-state index contributed by atoms with van der Waals surface area (Å²) in [5.74, 6) is 2.19. The Morgan fingerprint density at radius 2 is 1.46 bits per heavy atom. The van der Waals surface area contributed by atoms with E-state index in [0.717, 1.165) is 83.2 Å². The predicted octanol–water partition coefficient (Wildman–Crippen LogP) is 2.88. The lowest BCUT2D eigenvalue weighted by molar-refractivity contribution is -0.157. The molecule has 6 aliphatic rings. The van der Waals surface area contributed by atoms with Crippen molar-refractivity contribution in [1.82, 2.24) is 14.7 Å². The molecule has 4 bridgehead atoms. The maximum Gasteiger partial charge on any atom is 0.236 e. The quantitative estimate of drug-likeness (QED) is 0.619. The molecule has 156 valence electrons. The Morgan fingerprint density at radius 3 is 2.07 bits per heavy atom. The number of alkyl halides is 1. The van der Waals surface area contributed by atoms with Crippen molar-refractivity contribution in [2.24, 2.45) is 17.3 Å². The summed E-state index contributed by atoms with van der Waals surface area (Å²) in [4.78, 5) is 32.5. The maximum absolute atomic E-state index is 13.6. The highest BCUT2D eigenvalue weighted by Crippen LogP contribution is 2.64. The molecule has 0 aromatic heterocycles. The van der Waals surface area contributed by atoms with Gasteiger partial charge in [-0.2, -0.15) is 0 Å². The highest BCUT2D eigenvalue weighted by molar-refractivity contribution is 9.10. The zero-order valence-corrected chi connectivity index (χ0v) is 18.6. The van der Waals surface area contributed by atoms with E-state index in [1.165, 1.54) is 25.7 Å². The van der Waals surface area contributed by atoms with E-state index in [2.05, 4.69) is 25.7 Å². The molecular weight excluding hydrogens is 418 g/mol. The van der Waals surface area contributed by atoms with E-state index in [4.69, 9.17) is 0 Å². The first-order valence-corrected chi connectivity index (χ1v) is 12.2. The van der Waals surface area contributed by atoms with Crippen molar-refractivity contribution in [3.05, 3.63) is 0 Å². The number of halogens is 1. The molecule has 0 radical (unpaired) electrons. The van der Waals surface area contributed by atoms with Crippen LogP contribution < -0.4 is 0 Å². The van der Waals surface area contributed by atoms with Gasteiger partial charge in [0.15, 0.2) is 0 Å². The van der Waals surface area contributed by atoms with Gasteiger partial charge in [0, 0.05) is 43.6 Å². The smallest absolute Gasteiger partial charge is 0.236 e. The normalized spacial score (nSPS) is 40.8. The fourth-order valence-electron chi connectivity index (χ4n) is 7.28. The molecular formula is C22H34BrN3O2. The van der Waals surface area contributed by atoms with Crippen molar-refractivity contribution in [1.29, 1.82) is 0 Å². The van der Waals surface area contributed by atoms with E-state index in [9.17, 15) is 9.59 Å². The average molecular weight is 452 g/mol. The van der Waals surface area contributed by atoms with E-state index in [0.29, 0.717) is 12.5 Å². The summed E-state index contributed by atoms with van der Waals surface area (Å²) in [6, 6.07) is 0. The zero-order valence-electron chi connectivity index (χ0n) is 17.0. The standard InChI is InChI=1S/C22H34BrN3O2/c23-22-13-17-10-18(14-22)12-21(11-17,16-22)20(28)26-8-6-24(7-9-26)15-19(27)25-4-2-1-3-5-25/h17-18H,1-16H2. The van der Waals surface area contributed by atoms with Gasteiger partial charge in [-0.15, -0.1) is 0 Å². The van der Waals surface area contributed by atoms with Crippen LogP contribution in [0.5, 0.6) is 0 Å². The molecule has 6 heteroatoms. The van der Waals surface area contributed by atoms with E-state index in [1.807, 2.05) is 4.90 Å². The van der Waals surface area contributed by atoms with Crippen LogP contribution in [-0.2, 0) is 9.59 Å². The number of hydrogen-bond donors (Lipinski definition) is 0. The summed E-state index contributed by atoms with van der Waals surface area (Å²) in [6.45, 7) is 5.65. The van der Waals surface area contributed by atoms with Gasteiger partial charge >= 0.3 is 0 Å². The number of rotatable bonds is 3. The van der Waals surface area contributed by atoms with Crippen LogP contribution >= 0.6 is 15.9 Å². The molecule has 28 heavy (non-hydrogen) atoms. The second kappa shape index (κ2) is 7.26. The highest BCUT2D eigenvalue weighted by Gasteiger charge is 2.60. The van der Waals surface area contributed by atoms with Gasteiger partial charge in [0.25, 0.3) is 0 Å². The van der Waals surface area contributed by atoms with Gasteiger partial charge in [0.05, 0.1) is 12.0 Å². The van der Waals surface area contributed by atoms with Gasteiger partial charge in [-0.1, -0.05) is 15.9 Å². The first kappa shape index (κ1) is 19.3. The maximum atomic E-state index is 13.6. The van der Waals surface area contributed by atoms with Crippen LogP contribution in [-0.4, -0.2) is 76.7 Å². The highest BCUT2D eigenvalue weighted by atomic mass is 79.9. The van der Waals surface area contributed by atoms with Crippen molar-refractivity contribution in [3.8, 4) is 0 Å². The minimum absolute atomic E-state index is 0.0978. The topological polar surface area (TPSA) is 43.9 Å². The first-order chi connectivity index (χ1) is 13.4. The largest absolute Gasteiger partial charge is 0.342 e. The minimum atomic E-state index is -0.0978. The van der Waals surface area contributed by atoms with Crippen molar-refractivity contribution < 1.29 is 9.59 Å². The molecule has 0 aromatic carbocycles. The van der Waals surface area contributed by atoms with Crippen LogP contribution in [0.3, 0.4) is 0 Å². The summed E-state index contributed by atoms with van der Waals surface area (Å²) >= 11 is 4.04. The van der Waals surface area contributed by atoms with Crippen LogP contribution in [0.15, 0.2) is 0 Å². The number of carbonyl (C=O) groups excluding carboxylic acids is 2. The third kappa shape index (κ3) is 3.53. The van der Waals surface area contributed by atoms with Gasteiger partial charge in [-0.3, -0.25) is 14.5 Å². The number of piperidine rings is 1. The summed E-state index contributed by atoms with van der Waals surface area (Å²) in [7, 11) is 0. The Balaban J connectivity index is 1.17. The molecule has 2 atom stereocenters. The number of likely N-dealkylation sites (tertiary alicyclic amines) is 1. The lowest BCUT2D eigenvalue weighted by Crippen LogP contribution is -2.61. The van der Waals surface area contributed by atoms with Crippen molar-refractivity contribution in [2.45, 2.75) is 62.1 Å². The zero-order chi connectivity index (χ0) is 19.4. The third-order valence-electron chi connectivity index (χ3n) is 8.17. The van der Waals surface area contributed by atoms with Gasteiger partial charge in [0.2, 0.25) is 11.8 Å². The molecule has 5 nitrogen and oxygen atoms in total. The number of nitrogens with zero attached hydrogens (tertiary/aromatic N) is 3. The molecule has 0 spiro atoms. The molecule has 6 fully saturated rings. The summed E-state index contributed by atoms with van der Waals surface area (Å²) in [6.07, 6.45) is 10.7. The van der Waals surface area contributed by atoms with Gasteiger partial charge < -0.3 is 9.80 Å². The summed E-state index contributed by atoms with van der Waals surface area (Å²) in [5, 5.41) is 0. The van der Waals surface area contributed by atoms with Gasteiger partial charge in [-0.05, 0) is 69.6 Å². The second-order valence-electron chi connectivity index (χ2n) is 10.4. The average Bonchev–Trinajstić information content (AvgIpc) is 2.67. The molecule has 4 saturated carbocycles. The van der Waals surface area contributed by atoms with E-state index in [-0.39, 0.29) is 15.6 Å². The van der Waals surface area contributed by atoms with Crippen molar-refractivity contribution in [2.75, 3.05) is 45.8 Å². The SMILES string of the molecule is O=C(CN1CCN(C(=O)C23CC4CC(CC(Br)(C4)C2)C3)CC1)N1CCCCC1. The Bertz CT molecular complexity index is 626. The van der Waals surface area contributed by atoms with Crippen molar-refractivity contribution in [3.63, 3.8) is 0 Å². The predicted molar refractivity (Wildman–Crippen MR) is 112 cm³/mol.